The Morgan fingerprint density at radius 1 is 1.41 bits per heavy atom. The number of carboxylic acid groups (broad SMARTS) is 1. The Balaban J connectivity index is 2.81. The number of phenols is 1. The zero-order valence-corrected chi connectivity index (χ0v) is 10.0. The van der Waals surface area contributed by atoms with Gasteiger partial charge in [-0.1, -0.05) is 11.6 Å². The van der Waals surface area contributed by atoms with Crippen LogP contribution in [0, 0.1) is 0 Å². The van der Waals surface area contributed by atoms with Crippen LogP contribution in [0.3, 0.4) is 0 Å². The van der Waals surface area contributed by atoms with Crippen molar-refractivity contribution in [2.24, 2.45) is 0 Å². The number of benzene rings is 1. The van der Waals surface area contributed by atoms with E-state index >= 15 is 0 Å². The van der Waals surface area contributed by atoms with Gasteiger partial charge in [0.1, 0.15) is 11.3 Å². The third-order valence-electron chi connectivity index (χ3n) is 2.07. The second-order valence-corrected chi connectivity index (χ2v) is 3.75. The first-order valence-corrected chi connectivity index (χ1v) is 5.25. The highest BCUT2D eigenvalue weighted by Crippen LogP contribution is 2.27. The summed E-state index contributed by atoms with van der Waals surface area (Å²) in [6.45, 7) is 0.855. The number of rotatable bonds is 6. The van der Waals surface area contributed by atoms with E-state index in [1.807, 2.05) is 0 Å². The van der Waals surface area contributed by atoms with E-state index in [0.29, 0.717) is 18.8 Å². The Morgan fingerprint density at radius 3 is 2.71 bits per heavy atom. The Kier molecular flexibility index (Phi) is 5.21. The quantitative estimate of drug-likeness (QED) is 0.764. The van der Waals surface area contributed by atoms with E-state index in [4.69, 9.17) is 26.2 Å². The number of hydrogen-bond acceptors (Lipinski definition) is 4. The van der Waals surface area contributed by atoms with Gasteiger partial charge in [0.2, 0.25) is 0 Å². The molecule has 0 unspecified atom stereocenters. The lowest BCUT2D eigenvalue weighted by Gasteiger charge is -2.09. The minimum absolute atomic E-state index is 0.0794. The highest BCUT2D eigenvalue weighted by Gasteiger charge is 2.15. The second kappa shape index (κ2) is 6.44. The lowest BCUT2D eigenvalue weighted by molar-refractivity contribution is 0.0604. The first-order valence-electron chi connectivity index (χ1n) is 4.87. The summed E-state index contributed by atoms with van der Waals surface area (Å²) < 4.78 is 9.98. The van der Waals surface area contributed by atoms with Gasteiger partial charge in [-0.05, 0) is 12.1 Å². The fourth-order valence-corrected chi connectivity index (χ4v) is 1.49. The van der Waals surface area contributed by atoms with Gasteiger partial charge in [0.15, 0.2) is 0 Å². The molecule has 0 aliphatic rings. The fourth-order valence-electron chi connectivity index (χ4n) is 1.25. The molecule has 1 aromatic rings. The maximum atomic E-state index is 10.8. The largest absolute Gasteiger partial charge is 0.507 e. The van der Waals surface area contributed by atoms with Gasteiger partial charge in [0.05, 0.1) is 19.8 Å². The van der Waals surface area contributed by atoms with Crippen molar-refractivity contribution in [2.45, 2.75) is 6.61 Å². The second-order valence-electron chi connectivity index (χ2n) is 3.31. The van der Waals surface area contributed by atoms with Crippen molar-refractivity contribution in [3.63, 3.8) is 0 Å². The number of halogens is 1. The summed E-state index contributed by atoms with van der Waals surface area (Å²) in [5, 5.41) is 18.8. The summed E-state index contributed by atoms with van der Waals surface area (Å²) in [4.78, 5) is 10.8. The van der Waals surface area contributed by atoms with E-state index in [1.54, 1.807) is 7.11 Å². The van der Waals surface area contributed by atoms with Crippen molar-refractivity contribution in [2.75, 3.05) is 20.3 Å². The molecule has 0 aliphatic heterocycles. The predicted molar refractivity (Wildman–Crippen MR) is 61.6 cm³/mol. The number of aromatic hydroxyl groups is 1. The molecule has 0 saturated heterocycles. The highest BCUT2D eigenvalue weighted by atomic mass is 35.5. The molecule has 0 aromatic heterocycles. The molecular formula is C11H13ClO5. The fraction of sp³-hybridized carbons (Fsp3) is 0.364. The molecule has 6 heteroatoms. The smallest absolute Gasteiger partial charge is 0.339 e. The van der Waals surface area contributed by atoms with Gasteiger partial charge in [-0.15, -0.1) is 0 Å². The summed E-state index contributed by atoms with van der Waals surface area (Å²) in [5.41, 5.74) is 0.105. The van der Waals surface area contributed by atoms with E-state index < -0.39 is 5.97 Å². The Morgan fingerprint density at radius 2 is 2.12 bits per heavy atom. The molecule has 0 saturated carbocycles. The minimum atomic E-state index is -1.23. The molecule has 0 aliphatic carbocycles. The van der Waals surface area contributed by atoms with E-state index in [0.717, 1.165) is 0 Å². The van der Waals surface area contributed by atoms with Gasteiger partial charge >= 0.3 is 5.97 Å². The molecule has 0 spiro atoms. The van der Waals surface area contributed by atoms with Gasteiger partial charge in [-0.25, -0.2) is 4.79 Å². The molecule has 0 bridgehead atoms. The van der Waals surface area contributed by atoms with E-state index in [1.165, 1.54) is 12.1 Å². The van der Waals surface area contributed by atoms with Crippen LogP contribution >= 0.6 is 11.6 Å². The topological polar surface area (TPSA) is 76.0 Å². The number of hydrogen-bond donors (Lipinski definition) is 2. The van der Waals surface area contributed by atoms with Crippen molar-refractivity contribution < 1.29 is 24.5 Å². The number of methoxy groups -OCH3 is 1. The SMILES string of the molecule is COCCOCc1cc(Cl)cc(C(=O)O)c1O. The van der Waals surface area contributed by atoms with Gasteiger partial charge in [0, 0.05) is 17.7 Å². The average molecular weight is 261 g/mol. The lowest BCUT2D eigenvalue weighted by Crippen LogP contribution is -2.04. The predicted octanol–water partition coefficient (Wildman–Crippen LogP) is 1.91. The molecule has 1 aromatic carbocycles. The van der Waals surface area contributed by atoms with Gasteiger partial charge in [-0.3, -0.25) is 0 Å². The molecule has 94 valence electrons. The normalized spacial score (nSPS) is 10.5. The van der Waals surface area contributed by atoms with Gasteiger partial charge in [-0.2, -0.15) is 0 Å². The zero-order valence-electron chi connectivity index (χ0n) is 9.27. The van der Waals surface area contributed by atoms with Crippen LogP contribution < -0.4 is 0 Å². The molecule has 2 N–H and O–H groups in total. The Labute approximate surface area is 104 Å². The van der Waals surface area contributed by atoms with Crippen LogP contribution in [0.1, 0.15) is 15.9 Å². The first kappa shape index (κ1) is 13.8. The zero-order chi connectivity index (χ0) is 12.8. The number of ether oxygens (including phenoxy) is 2. The molecule has 0 fully saturated rings. The van der Waals surface area contributed by atoms with Crippen LogP contribution in [0.4, 0.5) is 0 Å². The summed E-state index contributed by atoms with van der Waals surface area (Å²) >= 11 is 5.75. The molecule has 1 rings (SSSR count). The van der Waals surface area contributed by atoms with E-state index in [-0.39, 0.29) is 22.9 Å². The van der Waals surface area contributed by atoms with Crippen molar-refractivity contribution in [1.82, 2.24) is 0 Å². The Hall–Kier alpha value is -1.30. The van der Waals surface area contributed by atoms with Crippen molar-refractivity contribution >= 4 is 17.6 Å². The van der Waals surface area contributed by atoms with Crippen LogP contribution in [0.2, 0.25) is 5.02 Å². The van der Waals surface area contributed by atoms with Gasteiger partial charge < -0.3 is 19.7 Å². The first-order chi connectivity index (χ1) is 8.06. The lowest BCUT2D eigenvalue weighted by atomic mass is 10.1. The minimum Gasteiger partial charge on any atom is -0.507 e. The summed E-state index contributed by atoms with van der Waals surface area (Å²) in [6.07, 6.45) is 0. The highest BCUT2D eigenvalue weighted by molar-refractivity contribution is 6.31. The molecule has 0 amide bonds. The maximum absolute atomic E-state index is 10.8. The molecule has 0 heterocycles. The summed E-state index contributed by atoms with van der Waals surface area (Å²) in [6, 6.07) is 2.66. The molecule has 0 atom stereocenters. The van der Waals surface area contributed by atoms with Crippen LogP contribution in [0.15, 0.2) is 12.1 Å². The third-order valence-corrected chi connectivity index (χ3v) is 2.29. The van der Waals surface area contributed by atoms with E-state index in [2.05, 4.69) is 0 Å². The molecule has 0 radical (unpaired) electrons. The Bertz CT molecular complexity index is 405. The van der Waals surface area contributed by atoms with Crippen LogP contribution in [-0.4, -0.2) is 36.5 Å². The average Bonchev–Trinajstić information content (AvgIpc) is 2.28. The molecule has 5 nitrogen and oxygen atoms in total. The monoisotopic (exact) mass is 260 g/mol. The van der Waals surface area contributed by atoms with Crippen molar-refractivity contribution in [1.29, 1.82) is 0 Å². The summed E-state index contributed by atoms with van der Waals surface area (Å²) in [7, 11) is 1.54. The molecule has 17 heavy (non-hydrogen) atoms. The number of aromatic carboxylic acids is 1. The van der Waals surface area contributed by atoms with Crippen molar-refractivity contribution in [3.05, 3.63) is 28.3 Å². The van der Waals surface area contributed by atoms with Crippen LogP contribution in [-0.2, 0) is 16.1 Å². The molecular weight excluding hydrogens is 248 g/mol. The van der Waals surface area contributed by atoms with Crippen molar-refractivity contribution in [3.8, 4) is 5.75 Å². The third kappa shape index (κ3) is 3.89. The van der Waals surface area contributed by atoms with E-state index in [9.17, 15) is 9.90 Å². The number of carbonyl (C=O) groups is 1. The van der Waals surface area contributed by atoms with Crippen LogP contribution in [0.5, 0.6) is 5.75 Å². The standard InChI is InChI=1S/C11H13ClO5/c1-16-2-3-17-6-7-4-8(12)5-9(10(7)13)11(14)15/h4-5,13H,2-3,6H2,1H3,(H,14,15). The van der Waals surface area contributed by atoms with Crippen LogP contribution in [0.25, 0.3) is 0 Å². The number of carboxylic acids is 1. The van der Waals surface area contributed by atoms with Gasteiger partial charge in [0.25, 0.3) is 0 Å². The maximum Gasteiger partial charge on any atom is 0.339 e. The summed E-state index contributed by atoms with van der Waals surface area (Å²) in [5.74, 6) is -1.55.